The summed E-state index contributed by atoms with van der Waals surface area (Å²) >= 11 is 0. The first kappa shape index (κ1) is 15.6. The molecule has 0 radical (unpaired) electrons. The van der Waals surface area contributed by atoms with Crippen molar-refractivity contribution in [3.8, 4) is 0 Å². The van der Waals surface area contributed by atoms with Gasteiger partial charge in [0, 0.05) is 25.7 Å². The number of nitrogens with one attached hydrogen (secondary N) is 1. The number of methoxy groups -OCH3 is 1. The predicted octanol–water partition coefficient (Wildman–Crippen LogP) is 1.46. The molecule has 1 aliphatic carbocycles. The third-order valence-corrected chi connectivity index (χ3v) is 3.71. The quantitative estimate of drug-likeness (QED) is 0.510. The second-order valence-corrected chi connectivity index (χ2v) is 5.36. The van der Waals surface area contributed by atoms with Gasteiger partial charge in [0.05, 0.1) is 19.3 Å². The van der Waals surface area contributed by atoms with Gasteiger partial charge in [0.1, 0.15) is 0 Å². The first-order valence-electron chi connectivity index (χ1n) is 6.82. The number of hydrogen-bond donors (Lipinski definition) is 2. The van der Waals surface area contributed by atoms with Gasteiger partial charge in [-0.2, -0.15) is 0 Å². The highest BCUT2D eigenvalue weighted by atomic mass is 16.5. The van der Waals surface area contributed by atoms with Crippen LogP contribution in [0.25, 0.3) is 0 Å². The average Bonchev–Trinajstić information content (AvgIpc) is 2.38. The Morgan fingerprint density at radius 1 is 1.44 bits per heavy atom. The molecule has 3 N–H and O–H groups in total. The predicted molar refractivity (Wildman–Crippen MR) is 74.7 cm³/mol. The summed E-state index contributed by atoms with van der Waals surface area (Å²) in [5, 5.41) is 3.57. The topological polar surface area (TPSA) is 56.5 Å². The van der Waals surface area contributed by atoms with E-state index in [0.29, 0.717) is 25.9 Å². The van der Waals surface area contributed by atoms with Crippen LogP contribution >= 0.6 is 0 Å². The summed E-state index contributed by atoms with van der Waals surface area (Å²) < 4.78 is 10.9. The Labute approximate surface area is 111 Å². The van der Waals surface area contributed by atoms with E-state index in [0.717, 1.165) is 37.8 Å². The molecule has 4 nitrogen and oxygen atoms in total. The highest BCUT2D eigenvalue weighted by Gasteiger charge is 2.33. The van der Waals surface area contributed by atoms with Crippen molar-refractivity contribution in [3.05, 3.63) is 12.2 Å². The van der Waals surface area contributed by atoms with Gasteiger partial charge in [-0.15, -0.1) is 0 Å². The monoisotopic (exact) mass is 256 g/mol. The van der Waals surface area contributed by atoms with Crippen LogP contribution in [0.4, 0.5) is 0 Å². The molecule has 0 aliphatic heterocycles. The van der Waals surface area contributed by atoms with Crippen LogP contribution in [0.15, 0.2) is 12.2 Å². The number of hydrogen-bond acceptors (Lipinski definition) is 4. The molecule has 0 atom stereocenters. The van der Waals surface area contributed by atoms with Crippen molar-refractivity contribution in [2.24, 2.45) is 5.73 Å². The van der Waals surface area contributed by atoms with Crippen molar-refractivity contribution in [2.45, 2.75) is 44.2 Å². The number of nitrogens with two attached hydrogens (primary N) is 1. The second-order valence-electron chi connectivity index (χ2n) is 5.36. The highest BCUT2D eigenvalue weighted by Crippen LogP contribution is 2.28. The van der Waals surface area contributed by atoms with Gasteiger partial charge >= 0.3 is 0 Å². The van der Waals surface area contributed by atoms with E-state index in [1.54, 1.807) is 7.11 Å². The van der Waals surface area contributed by atoms with Crippen LogP contribution in [0.1, 0.15) is 32.6 Å². The average molecular weight is 256 g/mol. The molecule has 0 amide bonds. The van der Waals surface area contributed by atoms with E-state index in [1.165, 1.54) is 0 Å². The van der Waals surface area contributed by atoms with E-state index in [1.807, 2.05) is 6.92 Å². The minimum Gasteiger partial charge on any atom is -0.381 e. The maximum absolute atomic E-state index is 5.93. The van der Waals surface area contributed by atoms with Crippen LogP contribution in [-0.2, 0) is 9.47 Å². The van der Waals surface area contributed by atoms with E-state index in [2.05, 4.69) is 11.9 Å². The molecule has 0 spiro atoms. The van der Waals surface area contributed by atoms with E-state index in [9.17, 15) is 0 Å². The lowest BCUT2D eigenvalue weighted by atomic mass is 9.80. The summed E-state index contributed by atoms with van der Waals surface area (Å²) in [4.78, 5) is 0. The van der Waals surface area contributed by atoms with Gasteiger partial charge in [0.15, 0.2) is 0 Å². The lowest BCUT2D eigenvalue weighted by Gasteiger charge is -2.40. The van der Waals surface area contributed by atoms with Crippen LogP contribution in [-0.4, -0.2) is 45.1 Å². The zero-order valence-electron chi connectivity index (χ0n) is 11.8. The summed E-state index contributed by atoms with van der Waals surface area (Å²) in [5.41, 5.74) is 7.07. The molecule has 0 aromatic rings. The molecule has 0 aromatic carbocycles. The van der Waals surface area contributed by atoms with Gasteiger partial charge in [-0.3, -0.25) is 0 Å². The zero-order valence-corrected chi connectivity index (χ0v) is 11.8. The molecule has 1 saturated carbocycles. The van der Waals surface area contributed by atoms with Gasteiger partial charge in [-0.1, -0.05) is 12.2 Å². The Morgan fingerprint density at radius 3 is 2.61 bits per heavy atom. The van der Waals surface area contributed by atoms with E-state index < -0.39 is 0 Å². The summed E-state index contributed by atoms with van der Waals surface area (Å²) in [6, 6.07) is 0. The fourth-order valence-electron chi connectivity index (χ4n) is 2.47. The van der Waals surface area contributed by atoms with Crippen LogP contribution in [0, 0.1) is 0 Å². The zero-order chi connectivity index (χ0) is 13.4. The highest BCUT2D eigenvalue weighted by molar-refractivity contribution is 4.94. The second kappa shape index (κ2) is 7.89. The summed E-state index contributed by atoms with van der Waals surface area (Å²) in [6.07, 6.45) is 4.76. The first-order valence-corrected chi connectivity index (χ1v) is 6.82. The summed E-state index contributed by atoms with van der Waals surface area (Å²) in [6.45, 7) is 8.67. The Balaban J connectivity index is 2.23. The van der Waals surface area contributed by atoms with Gasteiger partial charge < -0.3 is 20.5 Å². The summed E-state index contributed by atoms with van der Waals surface area (Å²) in [5.74, 6) is 0. The fourth-order valence-corrected chi connectivity index (χ4v) is 2.47. The first-order chi connectivity index (χ1) is 8.62. The van der Waals surface area contributed by atoms with Crippen LogP contribution < -0.4 is 11.1 Å². The third kappa shape index (κ3) is 5.06. The van der Waals surface area contributed by atoms with Gasteiger partial charge in [0.2, 0.25) is 0 Å². The number of rotatable bonds is 8. The minimum atomic E-state index is 0.0849. The molecule has 0 heterocycles. The van der Waals surface area contributed by atoms with E-state index >= 15 is 0 Å². The maximum Gasteiger partial charge on any atom is 0.0672 e. The minimum absolute atomic E-state index is 0.0849. The van der Waals surface area contributed by atoms with Gasteiger partial charge in [-0.05, 0) is 32.6 Å². The normalized spacial score (nSPS) is 28.3. The van der Waals surface area contributed by atoms with Crippen molar-refractivity contribution < 1.29 is 9.47 Å². The Morgan fingerprint density at radius 2 is 2.11 bits per heavy atom. The molecule has 0 saturated heterocycles. The molecule has 18 heavy (non-hydrogen) atoms. The van der Waals surface area contributed by atoms with Crippen LogP contribution in [0.5, 0.6) is 0 Å². The van der Waals surface area contributed by atoms with Crippen molar-refractivity contribution in [3.63, 3.8) is 0 Å². The van der Waals surface area contributed by atoms with Crippen molar-refractivity contribution in [1.82, 2.24) is 5.32 Å². The molecule has 0 unspecified atom stereocenters. The van der Waals surface area contributed by atoms with Crippen molar-refractivity contribution in [1.29, 1.82) is 0 Å². The van der Waals surface area contributed by atoms with Crippen LogP contribution in [0.3, 0.4) is 0 Å². The lowest BCUT2D eigenvalue weighted by molar-refractivity contribution is 0.0407. The largest absolute Gasteiger partial charge is 0.381 e. The molecule has 1 rings (SSSR count). The maximum atomic E-state index is 5.93. The SMILES string of the molecule is C=C(C)COCCNC1(CN)CCC(OC)CC1. The molecule has 0 bridgehead atoms. The Hall–Kier alpha value is -0.420. The molecule has 0 aromatic heterocycles. The van der Waals surface area contributed by atoms with E-state index in [-0.39, 0.29) is 5.54 Å². The van der Waals surface area contributed by atoms with Crippen molar-refractivity contribution in [2.75, 3.05) is 33.4 Å². The van der Waals surface area contributed by atoms with Gasteiger partial charge in [-0.25, -0.2) is 0 Å². The standard InChI is InChI=1S/C14H28N2O2/c1-12(2)10-18-9-8-16-14(11-15)6-4-13(17-3)5-7-14/h13,16H,1,4-11,15H2,2-3H3. The van der Waals surface area contributed by atoms with Crippen LogP contribution in [0.2, 0.25) is 0 Å². The molecular weight excluding hydrogens is 228 g/mol. The molecular formula is C14H28N2O2. The molecule has 1 fully saturated rings. The fraction of sp³-hybridized carbons (Fsp3) is 0.857. The molecule has 1 aliphatic rings. The Kier molecular flexibility index (Phi) is 6.86. The summed E-state index contributed by atoms with van der Waals surface area (Å²) in [7, 11) is 1.79. The van der Waals surface area contributed by atoms with Crippen molar-refractivity contribution >= 4 is 0 Å². The third-order valence-electron chi connectivity index (χ3n) is 3.71. The van der Waals surface area contributed by atoms with Gasteiger partial charge in [0.25, 0.3) is 0 Å². The smallest absolute Gasteiger partial charge is 0.0672 e. The molecule has 4 heteroatoms. The number of ether oxygens (including phenoxy) is 2. The Bertz CT molecular complexity index is 248. The lowest BCUT2D eigenvalue weighted by Crippen LogP contribution is -2.54. The van der Waals surface area contributed by atoms with E-state index in [4.69, 9.17) is 15.2 Å². The molecule has 106 valence electrons.